The third kappa shape index (κ3) is 3.90. The van der Waals surface area contributed by atoms with Crippen LogP contribution in [0.2, 0.25) is 0 Å². The van der Waals surface area contributed by atoms with Gasteiger partial charge in [-0.25, -0.2) is 13.6 Å². The summed E-state index contributed by atoms with van der Waals surface area (Å²) in [5.41, 5.74) is 7.09. The Morgan fingerprint density at radius 2 is 1.84 bits per heavy atom. The van der Waals surface area contributed by atoms with Gasteiger partial charge in [-0.2, -0.15) is 0 Å². The molecule has 0 bridgehead atoms. The van der Waals surface area contributed by atoms with E-state index in [0.717, 1.165) is 0 Å². The Balaban J connectivity index is 1.97. The standard InChI is InChI=1S/C11H17N3O4S/c12-8-6-10-11(18-4-3-17-10)7-9(8)14-2-1-5-19(13,15)16/h6-7,14H,1-5,12H2,(H2,13,15,16). The number of nitrogen functional groups attached to an aromatic ring is 1. The van der Waals surface area contributed by atoms with Crippen LogP contribution in [0.1, 0.15) is 6.42 Å². The maximum Gasteiger partial charge on any atom is 0.209 e. The first-order valence-corrected chi connectivity index (χ1v) is 7.61. The fourth-order valence-electron chi connectivity index (χ4n) is 1.75. The molecule has 5 N–H and O–H groups in total. The molecular formula is C11H17N3O4S. The van der Waals surface area contributed by atoms with Crippen molar-refractivity contribution in [3.05, 3.63) is 12.1 Å². The monoisotopic (exact) mass is 287 g/mol. The molecule has 1 aliphatic heterocycles. The van der Waals surface area contributed by atoms with Gasteiger partial charge in [0.25, 0.3) is 0 Å². The Labute approximate surface area is 111 Å². The highest BCUT2D eigenvalue weighted by Crippen LogP contribution is 2.36. The lowest BCUT2D eigenvalue weighted by atomic mass is 10.2. The van der Waals surface area contributed by atoms with Crippen molar-refractivity contribution < 1.29 is 17.9 Å². The Kier molecular flexibility index (Phi) is 4.01. The van der Waals surface area contributed by atoms with Crippen LogP contribution in [0.4, 0.5) is 11.4 Å². The van der Waals surface area contributed by atoms with Crippen LogP contribution in [0, 0.1) is 0 Å². The zero-order valence-electron chi connectivity index (χ0n) is 10.4. The van der Waals surface area contributed by atoms with Gasteiger partial charge in [0.2, 0.25) is 10.0 Å². The van der Waals surface area contributed by atoms with Crippen molar-refractivity contribution in [2.45, 2.75) is 6.42 Å². The van der Waals surface area contributed by atoms with Gasteiger partial charge in [0.05, 0.1) is 17.1 Å². The predicted molar refractivity (Wildman–Crippen MR) is 72.9 cm³/mol. The fourth-order valence-corrected chi connectivity index (χ4v) is 2.30. The van der Waals surface area contributed by atoms with E-state index in [9.17, 15) is 8.42 Å². The van der Waals surface area contributed by atoms with Crippen molar-refractivity contribution in [1.82, 2.24) is 0 Å². The van der Waals surface area contributed by atoms with Crippen LogP contribution in [0.3, 0.4) is 0 Å². The number of sulfonamides is 1. The van der Waals surface area contributed by atoms with Gasteiger partial charge in [-0.05, 0) is 6.42 Å². The number of anilines is 2. The van der Waals surface area contributed by atoms with Gasteiger partial charge in [-0.1, -0.05) is 0 Å². The highest BCUT2D eigenvalue weighted by atomic mass is 32.2. The van der Waals surface area contributed by atoms with Gasteiger partial charge in [-0.3, -0.25) is 0 Å². The Morgan fingerprint density at radius 1 is 1.21 bits per heavy atom. The van der Waals surface area contributed by atoms with Gasteiger partial charge in [0.1, 0.15) is 13.2 Å². The number of benzene rings is 1. The average molecular weight is 287 g/mol. The Bertz CT molecular complexity index is 559. The summed E-state index contributed by atoms with van der Waals surface area (Å²) in [6.45, 7) is 1.47. The van der Waals surface area contributed by atoms with Crippen LogP contribution in [0.5, 0.6) is 11.5 Å². The van der Waals surface area contributed by atoms with E-state index in [1.807, 2.05) is 0 Å². The molecule has 0 saturated carbocycles. The summed E-state index contributed by atoms with van der Waals surface area (Å²) < 4.78 is 32.4. The average Bonchev–Trinajstić information content (AvgIpc) is 2.33. The number of hydrogen-bond acceptors (Lipinski definition) is 6. The minimum Gasteiger partial charge on any atom is -0.486 e. The summed E-state index contributed by atoms with van der Waals surface area (Å²) in [6, 6.07) is 3.44. The van der Waals surface area contributed by atoms with Gasteiger partial charge in [0, 0.05) is 18.7 Å². The summed E-state index contributed by atoms with van der Waals surface area (Å²) >= 11 is 0. The number of nitrogens with one attached hydrogen (secondary N) is 1. The first-order chi connectivity index (χ1) is 8.96. The lowest BCUT2D eigenvalue weighted by Crippen LogP contribution is -2.19. The minimum atomic E-state index is -3.42. The van der Waals surface area contributed by atoms with E-state index >= 15 is 0 Å². The van der Waals surface area contributed by atoms with Crippen molar-refractivity contribution in [2.75, 3.05) is 36.6 Å². The van der Waals surface area contributed by atoms with Crippen LogP contribution < -0.4 is 25.7 Å². The predicted octanol–water partition coefficient (Wildman–Crippen LogP) is 0.130. The molecule has 1 heterocycles. The molecule has 19 heavy (non-hydrogen) atoms. The van der Waals surface area contributed by atoms with E-state index in [-0.39, 0.29) is 5.75 Å². The molecule has 1 aromatic carbocycles. The molecule has 0 aromatic heterocycles. The van der Waals surface area contributed by atoms with E-state index in [2.05, 4.69) is 5.32 Å². The van der Waals surface area contributed by atoms with Crippen LogP contribution >= 0.6 is 0 Å². The smallest absolute Gasteiger partial charge is 0.209 e. The van der Waals surface area contributed by atoms with Crippen molar-refractivity contribution in [1.29, 1.82) is 0 Å². The molecule has 2 rings (SSSR count). The van der Waals surface area contributed by atoms with E-state index in [0.29, 0.717) is 49.1 Å². The SMILES string of the molecule is Nc1cc2c(cc1NCCCS(N)(=O)=O)OCCO2. The highest BCUT2D eigenvalue weighted by Gasteiger charge is 2.14. The van der Waals surface area contributed by atoms with Gasteiger partial charge in [-0.15, -0.1) is 0 Å². The normalized spacial score (nSPS) is 14.2. The highest BCUT2D eigenvalue weighted by molar-refractivity contribution is 7.89. The van der Waals surface area contributed by atoms with Gasteiger partial charge < -0.3 is 20.5 Å². The van der Waals surface area contributed by atoms with Gasteiger partial charge >= 0.3 is 0 Å². The first-order valence-electron chi connectivity index (χ1n) is 5.89. The molecule has 0 saturated heterocycles. The second kappa shape index (κ2) is 5.54. The molecule has 0 amide bonds. The van der Waals surface area contributed by atoms with Crippen molar-refractivity contribution in [3.63, 3.8) is 0 Å². The Hall–Kier alpha value is -1.67. The molecule has 106 valence electrons. The molecule has 0 fully saturated rings. The molecule has 0 unspecified atom stereocenters. The molecule has 8 heteroatoms. The zero-order chi connectivity index (χ0) is 13.9. The number of ether oxygens (including phenoxy) is 2. The largest absolute Gasteiger partial charge is 0.486 e. The minimum absolute atomic E-state index is 0.0650. The topological polar surface area (TPSA) is 117 Å². The molecular weight excluding hydrogens is 270 g/mol. The van der Waals surface area contributed by atoms with Gasteiger partial charge in [0.15, 0.2) is 11.5 Å². The molecule has 0 spiro atoms. The number of fused-ring (bicyclic) bond motifs is 1. The van der Waals surface area contributed by atoms with E-state index < -0.39 is 10.0 Å². The van der Waals surface area contributed by atoms with Crippen LogP contribution in [0.15, 0.2) is 12.1 Å². The van der Waals surface area contributed by atoms with Crippen molar-refractivity contribution in [2.24, 2.45) is 5.14 Å². The fraction of sp³-hybridized carbons (Fsp3) is 0.455. The quantitative estimate of drug-likeness (QED) is 0.523. The van der Waals surface area contributed by atoms with Crippen molar-refractivity contribution >= 4 is 21.4 Å². The van der Waals surface area contributed by atoms with E-state index in [1.165, 1.54) is 0 Å². The summed E-state index contributed by atoms with van der Waals surface area (Å²) in [6.07, 6.45) is 0.409. The molecule has 1 aliphatic rings. The number of rotatable bonds is 5. The molecule has 0 atom stereocenters. The van der Waals surface area contributed by atoms with E-state index in [4.69, 9.17) is 20.3 Å². The number of hydrogen-bond donors (Lipinski definition) is 3. The molecule has 0 radical (unpaired) electrons. The summed E-state index contributed by atoms with van der Waals surface area (Å²) in [5, 5.41) is 7.97. The number of nitrogens with two attached hydrogens (primary N) is 2. The molecule has 1 aromatic rings. The first kappa shape index (κ1) is 13.8. The third-order valence-electron chi connectivity index (χ3n) is 2.64. The lowest BCUT2D eigenvalue weighted by molar-refractivity contribution is 0.172. The maximum atomic E-state index is 10.8. The zero-order valence-corrected chi connectivity index (χ0v) is 11.2. The lowest BCUT2D eigenvalue weighted by Gasteiger charge is -2.20. The van der Waals surface area contributed by atoms with Crippen LogP contribution in [-0.4, -0.2) is 33.9 Å². The second-order valence-electron chi connectivity index (χ2n) is 4.23. The summed E-state index contributed by atoms with van der Waals surface area (Å²) in [5.74, 6) is 1.19. The second-order valence-corrected chi connectivity index (χ2v) is 5.96. The molecule has 7 nitrogen and oxygen atoms in total. The third-order valence-corrected chi connectivity index (χ3v) is 3.49. The van der Waals surface area contributed by atoms with E-state index in [1.54, 1.807) is 12.1 Å². The van der Waals surface area contributed by atoms with Crippen LogP contribution in [0.25, 0.3) is 0 Å². The summed E-state index contributed by atoms with van der Waals surface area (Å²) in [7, 11) is -3.42. The molecule has 0 aliphatic carbocycles. The number of primary sulfonamides is 1. The van der Waals surface area contributed by atoms with Crippen molar-refractivity contribution in [3.8, 4) is 11.5 Å². The van der Waals surface area contributed by atoms with Crippen LogP contribution in [-0.2, 0) is 10.0 Å². The maximum absolute atomic E-state index is 10.8. The summed E-state index contributed by atoms with van der Waals surface area (Å²) in [4.78, 5) is 0. The Morgan fingerprint density at radius 3 is 2.47 bits per heavy atom.